The van der Waals surface area contributed by atoms with Crippen LogP contribution in [0.5, 0.6) is 0 Å². The zero-order valence-electron chi connectivity index (χ0n) is 29.9. The molecule has 13 nitrogen and oxygen atoms in total. The highest BCUT2D eigenvalue weighted by Crippen LogP contribution is 2.42. The van der Waals surface area contributed by atoms with Crippen molar-refractivity contribution in [1.29, 1.82) is 0 Å². The molecule has 2 aromatic carbocycles. The summed E-state index contributed by atoms with van der Waals surface area (Å²) in [7, 11) is 1.77. The number of imidazole rings is 1. The highest BCUT2D eigenvalue weighted by atomic mass is 32.1. The Morgan fingerprint density at radius 3 is 2.60 bits per heavy atom. The molecule has 8 heterocycles. The van der Waals surface area contributed by atoms with Crippen LogP contribution in [0.2, 0.25) is 0 Å². The summed E-state index contributed by atoms with van der Waals surface area (Å²) in [6.07, 6.45) is 3.88. The van der Waals surface area contributed by atoms with Crippen LogP contribution in [-0.4, -0.2) is 94.1 Å². The number of hydrogen-bond donors (Lipinski definition) is 3. The Bertz CT molecular complexity index is 2410. The average Bonchev–Trinajstić information content (AvgIpc) is 3.90. The number of nitrogens with zero attached hydrogens (tertiary/aromatic N) is 6. The predicted octanol–water partition coefficient (Wildman–Crippen LogP) is 3.80. The smallest absolute Gasteiger partial charge is 0.329 e. The first-order valence-corrected chi connectivity index (χ1v) is 19.7. The van der Waals surface area contributed by atoms with Crippen LogP contribution in [0.4, 0.5) is 17.2 Å². The lowest BCUT2D eigenvalue weighted by Crippen LogP contribution is -2.49. The van der Waals surface area contributed by atoms with Gasteiger partial charge in [-0.3, -0.25) is 33.7 Å². The molecule has 3 amide bonds. The minimum Gasteiger partial charge on any atom is -0.381 e. The Morgan fingerprint density at radius 1 is 0.962 bits per heavy atom. The van der Waals surface area contributed by atoms with Gasteiger partial charge in [-0.25, -0.2) is 9.78 Å². The number of rotatable bonds is 5. The van der Waals surface area contributed by atoms with E-state index in [2.05, 4.69) is 61.0 Å². The molecule has 274 valence electrons. The van der Waals surface area contributed by atoms with Gasteiger partial charge in [-0.2, -0.15) is 0 Å². The zero-order chi connectivity index (χ0) is 36.1. The Kier molecular flexibility index (Phi) is 7.59. The first kappa shape index (κ1) is 32.7. The number of carbonyl (C=O) groups is 3. The number of hydrogen-bond acceptors (Lipinski definition) is 10. The molecule has 4 saturated heterocycles. The summed E-state index contributed by atoms with van der Waals surface area (Å²) in [4.78, 5) is 64.4. The van der Waals surface area contributed by atoms with Crippen molar-refractivity contribution in [1.82, 2.24) is 29.7 Å². The lowest BCUT2D eigenvalue weighted by molar-refractivity contribution is -0.135. The van der Waals surface area contributed by atoms with Gasteiger partial charge in [-0.1, -0.05) is 6.07 Å². The summed E-state index contributed by atoms with van der Waals surface area (Å²) in [5.41, 5.74) is 4.26. The molecule has 53 heavy (non-hydrogen) atoms. The number of aryl methyl sites for hydroxylation is 1. The van der Waals surface area contributed by atoms with E-state index in [0.29, 0.717) is 31.0 Å². The molecule has 2 bridgehead atoms. The van der Waals surface area contributed by atoms with Crippen LogP contribution in [0.1, 0.15) is 54.7 Å². The number of piperazine rings is 1. The standard InChI is InChI=1S/C39H43N9O4S/c1-21-17-40-34-33-25-6-10-31(42-26(25)7-9-30(33)53-36(34)38(51)41-21)47-20-23-16-24(47)19-46(23)18-22-12-14-45(15-13-22)27-4-3-5-28-35(27)44(2)39(52)48(28)29-8-11-32(49)43-37(29)50/h3-7,9-10,21-24,29,40H,8,11-20H2,1-2H3,(H,41,51)(H,43,49,50)/t21-,23-,24-,29?/m1/s1. The minimum absolute atomic E-state index is 0.00963. The maximum Gasteiger partial charge on any atom is 0.329 e. The summed E-state index contributed by atoms with van der Waals surface area (Å²) in [6.45, 7) is 7.67. The predicted molar refractivity (Wildman–Crippen MR) is 207 cm³/mol. The van der Waals surface area contributed by atoms with E-state index < -0.39 is 11.9 Å². The molecule has 4 atom stereocenters. The second kappa shape index (κ2) is 12.3. The fourth-order valence-corrected chi connectivity index (χ4v) is 10.8. The fraction of sp³-hybridized carbons (Fsp3) is 0.462. The normalized spacial score (nSPS) is 25.3. The van der Waals surface area contributed by atoms with Crippen molar-refractivity contribution >= 4 is 78.3 Å². The molecular formula is C39H43N9O4S. The van der Waals surface area contributed by atoms with Crippen molar-refractivity contribution in [3.63, 3.8) is 0 Å². The van der Waals surface area contributed by atoms with Gasteiger partial charge in [0, 0.05) is 86.3 Å². The highest BCUT2D eigenvalue weighted by Gasteiger charge is 2.44. The van der Waals surface area contributed by atoms with E-state index in [0.717, 1.165) is 106 Å². The topological polar surface area (TPSA) is 137 Å². The van der Waals surface area contributed by atoms with Gasteiger partial charge in [-0.15, -0.1) is 11.3 Å². The SMILES string of the molecule is C[C@@H]1CNc2c(sc3ccc4nc(N5C[C@H]6C[C@@H]5CN6CC5CCN(c6cccc7c6n(C)c(=O)n7C6CCC(=O)NC6=O)CC5)ccc4c23)C(=O)N1. The van der Waals surface area contributed by atoms with E-state index >= 15 is 0 Å². The maximum atomic E-state index is 13.5. The number of amides is 3. The summed E-state index contributed by atoms with van der Waals surface area (Å²) < 4.78 is 4.33. The molecule has 0 radical (unpaired) electrons. The van der Waals surface area contributed by atoms with Crippen molar-refractivity contribution in [3.8, 4) is 0 Å². The van der Waals surface area contributed by atoms with Crippen LogP contribution < -0.4 is 31.4 Å². The third kappa shape index (κ3) is 5.24. The van der Waals surface area contributed by atoms with E-state index in [-0.39, 0.29) is 30.0 Å². The molecule has 10 rings (SSSR count). The number of nitrogens with one attached hydrogen (secondary N) is 3. The molecule has 0 aliphatic carbocycles. The molecule has 4 fully saturated rings. The van der Waals surface area contributed by atoms with Crippen molar-refractivity contribution in [2.75, 3.05) is 54.4 Å². The Balaban J connectivity index is 0.808. The number of carbonyl (C=O) groups excluding carboxylic acids is 3. The first-order valence-electron chi connectivity index (χ1n) is 18.9. The quantitative estimate of drug-likeness (QED) is 0.231. The van der Waals surface area contributed by atoms with Gasteiger partial charge < -0.3 is 20.4 Å². The number of likely N-dealkylation sites (tertiary alicyclic amines) is 1. The molecule has 14 heteroatoms. The molecule has 5 aromatic rings. The maximum absolute atomic E-state index is 13.5. The fourth-order valence-electron chi connectivity index (χ4n) is 9.72. The number of thiophene rings is 1. The van der Waals surface area contributed by atoms with Crippen LogP contribution in [0.15, 0.2) is 47.3 Å². The molecule has 1 unspecified atom stereocenters. The van der Waals surface area contributed by atoms with Gasteiger partial charge in [0.15, 0.2) is 0 Å². The number of benzene rings is 2. The Hall–Kier alpha value is -4.95. The van der Waals surface area contributed by atoms with Crippen LogP contribution in [0.25, 0.3) is 32.0 Å². The molecule has 0 spiro atoms. The van der Waals surface area contributed by atoms with Crippen LogP contribution in [-0.2, 0) is 16.6 Å². The van der Waals surface area contributed by atoms with Crippen molar-refractivity contribution in [3.05, 3.63) is 57.8 Å². The van der Waals surface area contributed by atoms with E-state index in [1.807, 2.05) is 19.1 Å². The largest absolute Gasteiger partial charge is 0.381 e. The number of piperidine rings is 2. The third-order valence-electron chi connectivity index (χ3n) is 12.4. The molecule has 5 aliphatic rings. The molecule has 0 saturated carbocycles. The Labute approximate surface area is 309 Å². The van der Waals surface area contributed by atoms with Crippen LogP contribution >= 0.6 is 11.3 Å². The molecular weight excluding hydrogens is 691 g/mol. The van der Waals surface area contributed by atoms with E-state index in [1.165, 1.54) is 0 Å². The van der Waals surface area contributed by atoms with E-state index in [9.17, 15) is 19.2 Å². The summed E-state index contributed by atoms with van der Waals surface area (Å²) >= 11 is 1.54. The minimum atomic E-state index is -0.687. The Morgan fingerprint density at radius 2 is 1.81 bits per heavy atom. The number of anilines is 3. The molecule has 3 N–H and O–H groups in total. The summed E-state index contributed by atoms with van der Waals surface area (Å²) in [5.74, 6) is 0.935. The monoisotopic (exact) mass is 733 g/mol. The van der Waals surface area contributed by atoms with E-state index in [1.54, 1.807) is 27.5 Å². The van der Waals surface area contributed by atoms with Gasteiger partial charge in [-0.05, 0) is 74.9 Å². The van der Waals surface area contributed by atoms with Crippen molar-refractivity contribution in [2.45, 2.75) is 63.2 Å². The van der Waals surface area contributed by atoms with Crippen molar-refractivity contribution < 1.29 is 14.4 Å². The molecule has 3 aromatic heterocycles. The van der Waals surface area contributed by atoms with Crippen LogP contribution in [0, 0.1) is 5.92 Å². The van der Waals surface area contributed by atoms with Gasteiger partial charge in [0.2, 0.25) is 11.8 Å². The number of para-hydroxylation sites is 1. The third-order valence-corrected chi connectivity index (χ3v) is 13.5. The second-order valence-electron chi connectivity index (χ2n) is 15.6. The van der Waals surface area contributed by atoms with Crippen molar-refractivity contribution in [2.24, 2.45) is 13.0 Å². The van der Waals surface area contributed by atoms with E-state index in [4.69, 9.17) is 4.98 Å². The van der Waals surface area contributed by atoms with Crippen LogP contribution in [0.3, 0.4) is 0 Å². The lowest BCUT2D eigenvalue weighted by Gasteiger charge is -2.39. The van der Waals surface area contributed by atoms with Gasteiger partial charge in [0.25, 0.3) is 5.91 Å². The number of aromatic nitrogens is 3. The first-order chi connectivity index (χ1) is 25.7. The second-order valence-corrected chi connectivity index (χ2v) is 16.7. The lowest BCUT2D eigenvalue weighted by atomic mass is 9.95. The molecule has 5 aliphatic heterocycles. The summed E-state index contributed by atoms with van der Waals surface area (Å²) in [5, 5.41) is 11.2. The number of imide groups is 1. The number of fused-ring (bicyclic) bond motifs is 8. The highest BCUT2D eigenvalue weighted by molar-refractivity contribution is 7.21. The zero-order valence-corrected chi connectivity index (χ0v) is 30.7. The van der Waals surface area contributed by atoms with Gasteiger partial charge in [0.1, 0.15) is 16.7 Å². The number of pyridine rings is 1. The van der Waals surface area contributed by atoms with Gasteiger partial charge >= 0.3 is 5.69 Å². The average molecular weight is 734 g/mol. The summed E-state index contributed by atoms with van der Waals surface area (Å²) in [6, 6.07) is 14.9. The van der Waals surface area contributed by atoms with Gasteiger partial charge in [0.05, 0.1) is 27.9 Å².